The van der Waals surface area contributed by atoms with Crippen molar-refractivity contribution in [3.63, 3.8) is 0 Å². The average molecular weight is 317 g/mol. The largest absolute Gasteiger partial charge is 0.497 e. The van der Waals surface area contributed by atoms with E-state index < -0.39 is 0 Å². The van der Waals surface area contributed by atoms with Crippen LogP contribution in [-0.2, 0) is 0 Å². The van der Waals surface area contributed by atoms with Gasteiger partial charge in [-0.2, -0.15) is 0 Å². The summed E-state index contributed by atoms with van der Waals surface area (Å²) in [7, 11) is 1.63. The quantitative estimate of drug-likeness (QED) is 0.908. The smallest absolute Gasteiger partial charge is 0.254 e. The van der Waals surface area contributed by atoms with E-state index in [1.807, 2.05) is 30.0 Å². The first kappa shape index (κ1) is 16.3. The van der Waals surface area contributed by atoms with Gasteiger partial charge in [0.05, 0.1) is 13.7 Å². The highest BCUT2D eigenvalue weighted by atomic mass is 16.5. The Morgan fingerprint density at radius 1 is 1.43 bits per heavy atom. The van der Waals surface area contributed by atoms with Crippen LogP contribution in [0.5, 0.6) is 5.75 Å². The first-order chi connectivity index (χ1) is 11.1. The molecule has 1 saturated heterocycles. The fourth-order valence-corrected chi connectivity index (χ4v) is 3.85. The lowest BCUT2D eigenvalue weighted by atomic mass is 9.76. The Bertz CT molecular complexity index is 582. The molecule has 1 N–H and O–H groups in total. The van der Waals surface area contributed by atoms with Crippen LogP contribution >= 0.6 is 0 Å². The molecule has 1 aromatic carbocycles. The topological polar surface area (TPSA) is 49.8 Å². The minimum atomic E-state index is -0.0878. The number of benzene rings is 1. The molecular weight excluding hydrogens is 290 g/mol. The summed E-state index contributed by atoms with van der Waals surface area (Å²) < 4.78 is 5.22. The molecule has 3 rings (SSSR count). The number of likely N-dealkylation sites (tertiary alicyclic amines) is 1. The van der Waals surface area contributed by atoms with E-state index in [4.69, 9.17) is 4.74 Å². The molecule has 1 aliphatic heterocycles. The third-order valence-electron chi connectivity index (χ3n) is 5.37. The van der Waals surface area contributed by atoms with Crippen molar-refractivity contribution in [2.45, 2.75) is 39.0 Å². The molecule has 1 saturated carbocycles. The van der Waals surface area contributed by atoms with Crippen LogP contribution in [0.1, 0.15) is 48.0 Å². The monoisotopic (exact) mass is 317 g/mol. The molecule has 1 unspecified atom stereocenters. The third kappa shape index (κ3) is 3.52. The van der Waals surface area contributed by atoms with Gasteiger partial charge >= 0.3 is 0 Å². The van der Waals surface area contributed by atoms with Crippen LogP contribution in [0.15, 0.2) is 18.2 Å². The molecule has 2 fully saturated rings. The number of aryl methyl sites for hydroxylation is 1. The summed E-state index contributed by atoms with van der Waals surface area (Å²) in [6.45, 7) is 3.61. The van der Waals surface area contributed by atoms with Crippen molar-refractivity contribution in [3.05, 3.63) is 29.3 Å². The maximum absolute atomic E-state index is 12.9. The Morgan fingerprint density at radius 2 is 2.22 bits per heavy atom. The van der Waals surface area contributed by atoms with Gasteiger partial charge in [0.2, 0.25) is 0 Å². The lowest BCUT2D eigenvalue weighted by molar-refractivity contribution is 0.0196. The number of ether oxygens (including phenoxy) is 1. The number of amides is 1. The van der Waals surface area contributed by atoms with Crippen LogP contribution in [0.2, 0.25) is 0 Å². The van der Waals surface area contributed by atoms with E-state index in [-0.39, 0.29) is 17.9 Å². The zero-order chi connectivity index (χ0) is 16.4. The minimum Gasteiger partial charge on any atom is -0.497 e. The van der Waals surface area contributed by atoms with Crippen molar-refractivity contribution >= 4 is 5.91 Å². The molecule has 1 aliphatic carbocycles. The summed E-state index contributed by atoms with van der Waals surface area (Å²) in [5, 5.41) is 9.96. The Labute approximate surface area is 138 Å². The van der Waals surface area contributed by atoms with Gasteiger partial charge in [-0.25, -0.2) is 0 Å². The van der Waals surface area contributed by atoms with Crippen molar-refractivity contribution in [1.29, 1.82) is 0 Å². The number of methoxy groups -OCH3 is 1. The molecule has 0 radical (unpaired) electrons. The summed E-state index contributed by atoms with van der Waals surface area (Å²) in [5.41, 5.74) is 1.60. The Morgan fingerprint density at radius 3 is 2.83 bits per heavy atom. The fourth-order valence-electron chi connectivity index (χ4n) is 3.85. The number of nitrogens with zero attached hydrogens (tertiary/aromatic N) is 1. The first-order valence-electron chi connectivity index (χ1n) is 8.62. The molecule has 126 valence electrons. The highest BCUT2D eigenvalue weighted by Gasteiger charge is 2.41. The molecular formula is C19H27NO3. The van der Waals surface area contributed by atoms with Crippen LogP contribution in [0, 0.1) is 18.3 Å². The van der Waals surface area contributed by atoms with E-state index in [0.29, 0.717) is 6.54 Å². The van der Waals surface area contributed by atoms with Gasteiger partial charge in [0.25, 0.3) is 5.91 Å². The Kier molecular flexibility index (Phi) is 4.62. The van der Waals surface area contributed by atoms with E-state index in [2.05, 4.69) is 0 Å². The predicted molar refractivity (Wildman–Crippen MR) is 89.7 cm³/mol. The van der Waals surface area contributed by atoms with Gasteiger partial charge in [0.15, 0.2) is 0 Å². The molecule has 0 bridgehead atoms. The first-order valence-corrected chi connectivity index (χ1v) is 8.62. The van der Waals surface area contributed by atoms with Gasteiger partial charge in [0, 0.05) is 24.1 Å². The van der Waals surface area contributed by atoms with Gasteiger partial charge in [-0.15, -0.1) is 0 Å². The van der Waals surface area contributed by atoms with Crippen LogP contribution in [0.3, 0.4) is 0 Å². The van der Waals surface area contributed by atoms with Crippen molar-refractivity contribution in [1.82, 2.24) is 4.90 Å². The number of aliphatic hydroxyl groups is 1. The van der Waals surface area contributed by atoms with Crippen molar-refractivity contribution in [3.8, 4) is 5.75 Å². The molecule has 0 spiro atoms. The molecule has 4 heteroatoms. The molecule has 1 heterocycles. The zero-order valence-corrected chi connectivity index (χ0v) is 14.2. The molecule has 23 heavy (non-hydrogen) atoms. The number of hydrogen-bond donors (Lipinski definition) is 1. The molecule has 2 aliphatic rings. The van der Waals surface area contributed by atoms with E-state index >= 15 is 0 Å². The highest BCUT2D eigenvalue weighted by molar-refractivity contribution is 5.96. The van der Waals surface area contributed by atoms with Gasteiger partial charge in [0.1, 0.15) is 5.75 Å². The summed E-state index contributed by atoms with van der Waals surface area (Å²) in [5.74, 6) is 1.62. The van der Waals surface area contributed by atoms with Crippen molar-refractivity contribution in [2.24, 2.45) is 11.3 Å². The van der Waals surface area contributed by atoms with Crippen molar-refractivity contribution < 1.29 is 14.6 Å². The third-order valence-corrected chi connectivity index (χ3v) is 5.37. The summed E-state index contributed by atoms with van der Waals surface area (Å²) in [6, 6.07) is 5.60. The molecule has 1 amide bonds. The molecule has 4 nitrogen and oxygen atoms in total. The van der Waals surface area contributed by atoms with E-state index in [0.717, 1.165) is 48.6 Å². The number of hydrogen-bond acceptors (Lipinski definition) is 3. The molecule has 1 atom stereocenters. The number of piperidine rings is 1. The van der Waals surface area contributed by atoms with Crippen LogP contribution in [0.25, 0.3) is 0 Å². The second-order valence-electron chi connectivity index (χ2n) is 7.32. The average Bonchev–Trinajstić information content (AvgIpc) is 3.38. The van der Waals surface area contributed by atoms with E-state index in [1.54, 1.807) is 7.11 Å². The van der Waals surface area contributed by atoms with Crippen LogP contribution < -0.4 is 4.74 Å². The number of carbonyl (C=O) groups excluding carboxylic acids is 1. The predicted octanol–water partition coefficient (Wildman–Crippen LogP) is 3.02. The maximum Gasteiger partial charge on any atom is 0.254 e. The van der Waals surface area contributed by atoms with Crippen molar-refractivity contribution in [2.75, 3.05) is 26.8 Å². The Balaban J connectivity index is 1.76. The van der Waals surface area contributed by atoms with Gasteiger partial charge in [-0.05, 0) is 55.9 Å². The van der Waals surface area contributed by atoms with E-state index in [1.165, 1.54) is 12.8 Å². The Hall–Kier alpha value is -1.55. The lowest BCUT2D eigenvalue weighted by Crippen LogP contribution is -2.48. The standard InChI is InChI=1S/C19H27NO3/c1-14-10-16(23-2)6-7-17(14)18(22)20-9-3-8-19(12-20,13-21)11-15-4-5-15/h6-7,10,15,21H,3-5,8-9,11-13H2,1-2H3. The normalized spacial score (nSPS) is 24.6. The SMILES string of the molecule is COc1ccc(C(=O)N2CCCC(CO)(CC3CC3)C2)c(C)c1. The number of rotatable bonds is 5. The summed E-state index contributed by atoms with van der Waals surface area (Å²) in [4.78, 5) is 14.9. The van der Waals surface area contributed by atoms with E-state index in [9.17, 15) is 9.90 Å². The zero-order valence-electron chi connectivity index (χ0n) is 14.2. The maximum atomic E-state index is 12.9. The van der Waals surface area contributed by atoms with Crippen LogP contribution in [0.4, 0.5) is 0 Å². The highest BCUT2D eigenvalue weighted by Crippen LogP contribution is 2.44. The summed E-state index contributed by atoms with van der Waals surface area (Å²) in [6.07, 6.45) is 5.65. The second-order valence-corrected chi connectivity index (χ2v) is 7.32. The van der Waals surface area contributed by atoms with Gasteiger partial charge in [-0.1, -0.05) is 12.8 Å². The molecule has 1 aromatic rings. The van der Waals surface area contributed by atoms with Gasteiger partial charge < -0.3 is 14.7 Å². The lowest BCUT2D eigenvalue weighted by Gasteiger charge is -2.42. The van der Waals surface area contributed by atoms with Gasteiger partial charge in [-0.3, -0.25) is 4.79 Å². The number of aliphatic hydroxyl groups excluding tert-OH is 1. The fraction of sp³-hybridized carbons (Fsp3) is 0.632. The second kappa shape index (κ2) is 6.52. The summed E-state index contributed by atoms with van der Waals surface area (Å²) >= 11 is 0. The number of carbonyl (C=O) groups is 1. The molecule has 0 aromatic heterocycles. The van der Waals surface area contributed by atoms with Crippen LogP contribution in [-0.4, -0.2) is 42.7 Å². The minimum absolute atomic E-state index is 0.0819.